The minimum absolute atomic E-state index is 0.200. The minimum Gasteiger partial charge on any atom is -0.479 e. The SMILES string of the molecule is Oc1nccc(CCN2CC(F)C2)n1. The standard InChI is InChI=1S/C9H12FN3O/c10-7-5-13(6-7)4-2-8-1-3-11-9(14)12-8/h1,3,7H,2,4-6H2,(H,11,12,14). The van der Waals surface area contributed by atoms with Crippen molar-refractivity contribution in [3.05, 3.63) is 18.0 Å². The van der Waals surface area contributed by atoms with Crippen LogP contribution in [0, 0.1) is 0 Å². The molecular formula is C9H12FN3O. The molecule has 0 aromatic carbocycles. The van der Waals surface area contributed by atoms with Crippen LogP contribution in [-0.2, 0) is 6.42 Å². The fraction of sp³-hybridized carbons (Fsp3) is 0.556. The topological polar surface area (TPSA) is 49.3 Å². The highest BCUT2D eigenvalue weighted by Crippen LogP contribution is 2.11. The zero-order valence-corrected chi connectivity index (χ0v) is 7.73. The lowest BCUT2D eigenvalue weighted by Crippen LogP contribution is -2.48. The Kier molecular flexibility index (Phi) is 2.58. The van der Waals surface area contributed by atoms with Gasteiger partial charge < -0.3 is 5.11 Å². The van der Waals surface area contributed by atoms with E-state index in [-0.39, 0.29) is 6.01 Å². The van der Waals surface area contributed by atoms with E-state index in [1.165, 1.54) is 6.20 Å². The smallest absolute Gasteiger partial charge is 0.314 e. The molecule has 0 aliphatic carbocycles. The van der Waals surface area contributed by atoms with E-state index in [4.69, 9.17) is 5.11 Å². The van der Waals surface area contributed by atoms with Crippen LogP contribution in [0.4, 0.5) is 4.39 Å². The molecule has 1 fully saturated rings. The van der Waals surface area contributed by atoms with Crippen molar-refractivity contribution in [2.45, 2.75) is 12.6 Å². The molecule has 2 rings (SSSR count). The first-order valence-corrected chi connectivity index (χ1v) is 4.61. The molecule has 0 saturated carbocycles. The van der Waals surface area contributed by atoms with Crippen molar-refractivity contribution in [2.24, 2.45) is 0 Å². The van der Waals surface area contributed by atoms with Gasteiger partial charge in [0.2, 0.25) is 0 Å². The first kappa shape index (κ1) is 9.33. The van der Waals surface area contributed by atoms with E-state index < -0.39 is 6.17 Å². The van der Waals surface area contributed by atoms with Crippen molar-refractivity contribution in [1.82, 2.24) is 14.9 Å². The Labute approximate surface area is 81.4 Å². The van der Waals surface area contributed by atoms with Crippen LogP contribution in [-0.4, -0.2) is 45.8 Å². The van der Waals surface area contributed by atoms with E-state index in [9.17, 15) is 4.39 Å². The van der Waals surface area contributed by atoms with Crippen molar-refractivity contribution in [1.29, 1.82) is 0 Å². The second kappa shape index (κ2) is 3.88. The molecular weight excluding hydrogens is 185 g/mol. The van der Waals surface area contributed by atoms with Gasteiger partial charge in [-0.3, -0.25) is 4.90 Å². The Morgan fingerprint density at radius 2 is 2.36 bits per heavy atom. The maximum atomic E-state index is 12.5. The lowest BCUT2D eigenvalue weighted by atomic mass is 10.1. The van der Waals surface area contributed by atoms with E-state index in [0.717, 1.165) is 18.7 Å². The van der Waals surface area contributed by atoms with Crippen LogP contribution < -0.4 is 0 Å². The van der Waals surface area contributed by atoms with Crippen LogP contribution >= 0.6 is 0 Å². The normalized spacial score (nSPS) is 18.1. The highest BCUT2D eigenvalue weighted by atomic mass is 19.1. The molecule has 1 N–H and O–H groups in total. The van der Waals surface area contributed by atoms with Gasteiger partial charge in [0.25, 0.3) is 0 Å². The largest absolute Gasteiger partial charge is 0.479 e. The summed E-state index contributed by atoms with van der Waals surface area (Å²) in [4.78, 5) is 9.45. The summed E-state index contributed by atoms with van der Waals surface area (Å²) in [5, 5.41) is 9.00. The van der Waals surface area contributed by atoms with Crippen LogP contribution in [0.5, 0.6) is 6.01 Å². The molecule has 0 atom stereocenters. The predicted molar refractivity (Wildman–Crippen MR) is 48.7 cm³/mol. The summed E-state index contributed by atoms with van der Waals surface area (Å²) in [7, 11) is 0. The maximum Gasteiger partial charge on any atom is 0.314 e. The Morgan fingerprint density at radius 1 is 1.57 bits per heavy atom. The number of hydrogen-bond acceptors (Lipinski definition) is 4. The molecule has 0 amide bonds. The molecule has 1 saturated heterocycles. The Bertz CT molecular complexity index is 315. The molecule has 0 unspecified atom stereocenters. The predicted octanol–water partition coefficient (Wildman–Crippen LogP) is 0.378. The average Bonchev–Trinajstić information content (AvgIpc) is 2.11. The first-order valence-electron chi connectivity index (χ1n) is 4.61. The monoisotopic (exact) mass is 197 g/mol. The highest BCUT2D eigenvalue weighted by molar-refractivity contribution is 5.05. The molecule has 0 spiro atoms. The molecule has 1 aromatic rings. The van der Waals surface area contributed by atoms with Crippen LogP contribution in [0.1, 0.15) is 5.69 Å². The van der Waals surface area contributed by atoms with Gasteiger partial charge in [0, 0.05) is 37.9 Å². The number of hydrogen-bond donors (Lipinski definition) is 1. The second-order valence-corrected chi connectivity index (χ2v) is 3.45. The maximum absolute atomic E-state index is 12.5. The van der Waals surface area contributed by atoms with Gasteiger partial charge in [0.15, 0.2) is 0 Å². The van der Waals surface area contributed by atoms with Crippen molar-refractivity contribution in [3.63, 3.8) is 0 Å². The van der Waals surface area contributed by atoms with E-state index in [2.05, 4.69) is 9.97 Å². The van der Waals surface area contributed by atoms with Gasteiger partial charge in [-0.15, -0.1) is 0 Å². The number of rotatable bonds is 3. The molecule has 5 heteroatoms. The summed E-state index contributed by atoms with van der Waals surface area (Å²) in [6.45, 7) is 1.84. The molecule has 1 aliphatic heterocycles. The molecule has 76 valence electrons. The highest BCUT2D eigenvalue weighted by Gasteiger charge is 2.25. The van der Waals surface area contributed by atoms with Gasteiger partial charge in [0.05, 0.1) is 0 Å². The van der Waals surface area contributed by atoms with Crippen molar-refractivity contribution in [3.8, 4) is 6.01 Å². The minimum atomic E-state index is -0.659. The van der Waals surface area contributed by atoms with Gasteiger partial charge >= 0.3 is 6.01 Å². The third-order valence-electron chi connectivity index (χ3n) is 2.30. The van der Waals surface area contributed by atoms with Crippen LogP contribution in [0.2, 0.25) is 0 Å². The van der Waals surface area contributed by atoms with Gasteiger partial charge in [0.1, 0.15) is 6.17 Å². The van der Waals surface area contributed by atoms with E-state index in [1.54, 1.807) is 6.07 Å². The summed E-state index contributed by atoms with van der Waals surface area (Å²) >= 11 is 0. The van der Waals surface area contributed by atoms with E-state index in [1.807, 2.05) is 4.90 Å². The fourth-order valence-corrected chi connectivity index (χ4v) is 1.49. The third kappa shape index (κ3) is 2.17. The average molecular weight is 197 g/mol. The van der Waals surface area contributed by atoms with Gasteiger partial charge in [-0.2, -0.15) is 0 Å². The molecule has 1 aliphatic rings. The number of nitrogens with zero attached hydrogens (tertiary/aromatic N) is 3. The van der Waals surface area contributed by atoms with Crippen LogP contribution in [0.25, 0.3) is 0 Å². The van der Waals surface area contributed by atoms with E-state index in [0.29, 0.717) is 13.1 Å². The van der Waals surface area contributed by atoms with Crippen molar-refractivity contribution < 1.29 is 9.50 Å². The summed E-state index contributed by atoms with van der Waals surface area (Å²) in [5.41, 5.74) is 0.791. The summed E-state index contributed by atoms with van der Waals surface area (Å²) < 4.78 is 12.5. The number of aromatic nitrogens is 2. The Morgan fingerprint density at radius 3 is 3.00 bits per heavy atom. The number of likely N-dealkylation sites (tertiary alicyclic amines) is 1. The molecule has 0 bridgehead atoms. The second-order valence-electron chi connectivity index (χ2n) is 3.45. The zero-order chi connectivity index (χ0) is 9.97. The third-order valence-corrected chi connectivity index (χ3v) is 2.30. The van der Waals surface area contributed by atoms with Crippen LogP contribution in [0.3, 0.4) is 0 Å². The van der Waals surface area contributed by atoms with Gasteiger partial charge in [-0.05, 0) is 6.07 Å². The number of alkyl halides is 1. The Balaban J connectivity index is 1.80. The van der Waals surface area contributed by atoms with Gasteiger partial charge in [-0.1, -0.05) is 0 Å². The zero-order valence-electron chi connectivity index (χ0n) is 7.73. The van der Waals surface area contributed by atoms with Crippen molar-refractivity contribution >= 4 is 0 Å². The molecule has 2 heterocycles. The quantitative estimate of drug-likeness (QED) is 0.761. The number of halogens is 1. The first-order chi connectivity index (χ1) is 6.74. The number of aromatic hydroxyl groups is 1. The van der Waals surface area contributed by atoms with Gasteiger partial charge in [-0.25, -0.2) is 14.4 Å². The lowest BCUT2D eigenvalue weighted by Gasteiger charge is -2.33. The summed E-state index contributed by atoms with van der Waals surface area (Å²) in [5.74, 6) is 0. The van der Waals surface area contributed by atoms with Crippen LogP contribution in [0.15, 0.2) is 12.3 Å². The summed E-state index contributed by atoms with van der Waals surface area (Å²) in [6.07, 6.45) is 1.59. The lowest BCUT2D eigenvalue weighted by molar-refractivity contribution is 0.0668. The summed E-state index contributed by atoms with van der Waals surface area (Å²) in [6, 6.07) is 1.56. The molecule has 1 aromatic heterocycles. The molecule has 14 heavy (non-hydrogen) atoms. The Hall–Kier alpha value is -1.23. The fourth-order valence-electron chi connectivity index (χ4n) is 1.49. The van der Waals surface area contributed by atoms with E-state index >= 15 is 0 Å². The molecule has 0 radical (unpaired) electrons. The molecule has 4 nitrogen and oxygen atoms in total. The van der Waals surface area contributed by atoms with Crippen molar-refractivity contribution in [2.75, 3.05) is 19.6 Å².